The lowest BCUT2D eigenvalue weighted by Gasteiger charge is -2.16. The Labute approximate surface area is 85.2 Å². The van der Waals surface area contributed by atoms with Crippen LogP contribution in [-0.2, 0) is 9.59 Å². The molecule has 0 bridgehead atoms. The quantitative estimate of drug-likeness (QED) is 0.612. The van der Waals surface area contributed by atoms with Gasteiger partial charge in [0.05, 0.1) is 12.1 Å². The van der Waals surface area contributed by atoms with Crippen molar-refractivity contribution in [3.8, 4) is 0 Å². The molecule has 0 aliphatic rings. The number of rotatable bonds is 6. The molecule has 2 atom stereocenters. The summed E-state index contributed by atoms with van der Waals surface area (Å²) in [5, 5.41) is 2.59. The van der Waals surface area contributed by atoms with Crippen LogP contribution in [0, 0.1) is 5.92 Å². The molecule has 0 heterocycles. The standard InChI is InChI=1S/C10H20N2O2/c1-4-8(6-13)12-10(14)9(11)5-7(2)3/h6-9H,4-5,11H2,1-3H3,(H,12,14). The summed E-state index contributed by atoms with van der Waals surface area (Å²) in [7, 11) is 0. The third kappa shape index (κ3) is 4.97. The molecule has 4 nitrogen and oxygen atoms in total. The fourth-order valence-electron chi connectivity index (χ4n) is 1.14. The lowest BCUT2D eigenvalue weighted by Crippen LogP contribution is -2.46. The third-order valence-corrected chi connectivity index (χ3v) is 1.99. The van der Waals surface area contributed by atoms with Gasteiger partial charge in [-0.05, 0) is 18.8 Å². The highest BCUT2D eigenvalue weighted by Gasteiger charge is 2.17. The number of hydrogen-bond acceptors (Lipinski definition) is 3. The van der Waals surface area contributed by atoms with Crippen LogP contribution in [0.2, 0.25) is 0 Å². The van der Waals surface area contributed by atoms with Crippen LogP contribution in [-0.4, -0.2) is 24.3 Å². The van der Waals surface area contributed by atoms with E-state index in [4.69, 9.17) is 5.73 Å². The van der Waals surface area contributed by atoms with E-state index in [1.807, 2.05) is 20.8 Å². The number of aldehydes is 1. The number of hydrogen-bond donors (Lipinski definition) is 2. The molecule has 0 saturated carbocycles. The first-order valence-electron chi connectivity index (χ1n) is 5.02. The van der Waals surface area contributed by atoms with Crippen molar-refractivity contribution in [3.63, 3.8) is 0 Å². The zero-order valence-corrected chi connectivity index (χ0v) is 9.12. The van der Waals surface area contributed by atoms with E-state index >= 15 is 0 Å². The average molecular weight is 200 g/mol. The molecule has 14 heavy (non-hydrogen) atoms. The van der Waals surface area contributed by atoms with Crippen LogP contribution in [0.15, 0.2) is 0 Å². The van der Waals surface area contributed by atoms with Gasteiger partial charge in [0.15, 0.2) is 0 Å². The fourth-order valence-corrected chi connectivity index (χ4v) is 1.14. The summed E-state index contributed by atoms with van der Waals surface area (Å²) in [5.41, 5.74) is 5.65. The van der Waals surface area contributed by atoms with Crippen molar-refractivity contribution in [2.24, 2.45) is 11.7 Å². The van der Waals surface area contributed by atoms with Gasteiger partial charge in [0, 0.05) is 0 Å². The molecule has 82 valence electrons. The van der Waals surface area contributed by atoms with Crippen LogP contribution >= 0.6 is 0 Å². The largest absolute Gasteiger partial charge is 0.345 e. The van der Waals surface area contributed by atoms with Crippen LogP contribution in [0.25, 0.3) is 0 Å². The highest BCUT2D eigenvalue weighted by atomic mass is 16.2. The van der Waals surface area contributed by atoms with Crippen LogP contribution in [0.3, 0.4) is 0 Å². The van der Waals surface area contributed by atoms with Gasteiger partial charge in [0.1, 0.15) is 6.29 Å². The van der Waals surface area contributed by atoms with E-state index in [0.29, 0.717) is 18.8 Å². The minimum Gasteiger partial charge on any atom is -0.345 e. The third-order valence-electron chi connectivity index (χ3n) is 1.99. The first kappa shape index (κ1) is 13.1. The summed E-state index contributed by atoms with van der Waals surface area (Å²) in [5.74, 6) is 0.143. The van der Waals surface area contributed by atoms with Crippen LogP contribution in [0.4, 0.5) is 0 Å². The molecule has 0 radical (unpaired) electrons. The molecule has 4 heteroatoms. The van der Waals surface area contributed by atoms with Crippen molar-refractivity contribution in [1.29, 1.82) is 0 Å². The zero-order chi connectivity index (χ0) is 11.1. The first-order chi connectivity index (χ1) is 6.51. The summed E-state index contributed by atoms with van der Waals surface area (Å²) in [4.78, 5) is 21.9. The number of nitrogens with two attached hydrogens (primary N) is 1. The molecular formula is C10H20N2O2. The molecule has 3 N–H and O–H groups in total. The van der Waals surface area contributed by atoms with Crippen molar-refractivity contribution in [3.05, 3.63) is 0 Å². The summed E-state index contributed by atoms with van der Waals surface area (Å²) in [6, 6.07) is -0.912. The predicted octanol–water partition coefficient (Wildman–Crippen LogP) is 0.454. The fraction of sp³-hybridized carbons (Fsp3) is 0.800. The molecule has 0 aliphatic heterocycles. The summed E-state index contributed by atoms with van der Waals surface area (Å²) in [6.07, 6.45) is 1.98. The van der Waals surface area contributed by atoms with Crippen molar-refractivity contribution in [2.75, 3.05) is 0 Å². The molecule has 0 aromatic heterocycles. The predicted molar refractivity (Wildman–Crippen MR) is 55.7 cm³/mol. The minimum atomic E-state index is -0.510. The number of carbonyl (C=O) groups excluding carboxylic acids is 2. The molecule has 0 aromatic rings. The lowest BCUT2D eigenvalue weighted by atomic mass is 10.0. The van der Waals surface area contributed by atoms with Gasteiger partial charge in [-0.3, -0.25) is 4.79 Å². The molecule has 0 aliphatic carbocycles. The molecule has 0 saturated heterocycles. The Hall–Kier alpha value is -0.900. The van der Waals surface area contributed by atoms with E-state index in [9.17, 15) is 9.59 Å². The van der Waals surface area contributed by atoms with Crippen LogP contribution in [0.1, 0.15) is 33.6 Å². The first-order valence-corrected chi connectivity index (χ1v) is 5.02. The van der Waals surface area contributed by atoms with Gasteiger partial charge in [0.2, 0.25) is 5.91 Å². The molecule has 0 fully saturated rings. The van der Waals surface area contributed by atoms with Gasteiger partial charge in [-0.2, -0.15) is 0 Å². The lowest BCUT2D eigenvalue weighted by molar-refractivity contribution is -0.125. The number of amides is 1. The zero-order valence-electron chi connectivity index (χ0n) is 9.12. The van der Waals surface area contributed by atoms with Gasteiger partial charge in [-0.15, -0.1) is 0 Å². The van der Waals surface area contributed by atoms with Crippen LogP contribution < -0.4 is 11.1 Å². The number of nitrogens with one attached hydrogen (secondary N) is 1. The molecular weight excluding hydrogens is 180 g/mol. The Balaban J connectivity index is 3.99. The van der Waals surface area contributed by atoms with Crippen LogP contribution in [0.5, 0.6) is 0 Å². The normalized spacial score (nSPS) is 14.9. The van der Waals surface area contributed by atoms with Gasteiger partial charge in [-0.1, -0.05) is 20.8 Å². The minimum absolute atomic E-state index is 0.238. The van der Waals surface area contributed by atoms with Gasteiger partial charge in [0.25, 0.3) is 0 Å². The Bertz CT molecular complexity index is 193. The second-order valence-electron chi connectivity index (χ2n) is 3.90. The van der Waals surface area contributed by atoms with E-state index in [2.05, 4.69) is 5.32 Å². The van der Waals surface area contributed by atoms with E-state index in [1.54, 1.807) is 0 Å². The van der Waals surface area contributed by atoms with Crippen molar-refractivity contribution in [1.82, 2.24) is 5.32 Å². The van der Waals surface area contributed by atoms with Gasteiger partial charge < -0.3 is 15.8 Å². The Morgan fingerprint density at radius 3 is 2.43 bits per heavy atom. The maximum absolute atomic E-state index is 11.4. The van der Waals surface area contributed by atoms with E-state index in [0.717, 1.165) is 6.29 Å². The van der Waals surface area contributed by atoms with Crippen molar-refractivity contribution < 1.29 is 9.59 Å². The second kappa shape index (κ2) is 6.54. The summed E-state index contributed by atoms with van der Waals surface area (Å²) >= 11 is 0. The highest BCUT2D eigenvalue weighted by molar-refractivity contribution is 5.84. The highest BCUT2D eigenvalue weighted by Crippen LogP contribution is 2.02. The maximum Gasteiger partial charge on any atom is 0.237 e. The van der Waals surface area contributed by atoms with E-state index < -0.39 is 12.1 Å². The maximum atomic E-state index is 11.4. The topological polar surface area (TPSA) is 72.2 Å². The van der Waals surface area contributed by atoms with E-state index in [1.165, 1.54) is 0 Å². The molecule has 2 unspecified atom stereocenters. The molecule has 0 rings (SSSR count). The van der Waals surface area contributed by atoms with Crippen molar-refractivity contribution >= 4 is 12.2 Å². The average Bonchev–Trinajstić information content (AvgIpc) is 2.12. The second-order valence-corrected chi connectivity index (χ2v) is 3.90. The SMILES string of the molecule is CCC(C=O)NC(=O)C(N)CC(C)C. The molecule has 0 spiro atoms. The summed E-state index contributed by atoms with van der Waals surface area (Å²) < 4.78 is 0. The Morgan fingerprint density at radius 2 is 2.07 bits per heavy atom. The van der Waals surface area contributed by atoms with Gasteiger partial charge >= 0.3 is 0 Å². The van der Waals surface area contributed by atoms with Crippen molar-refractivity contribution in [2.45, 2.75) is 45.7 Å². The monoisotopic (exact) mass is 200 g/mol. The Morgan fingerprint density at radius 1 is 1.50 bits per heavy atom. The summed E-state index contributed by atoms with van der Waals surface area (Å²) in [6.45, 7) is 5.85. The Kier molecular flexibility index (Phi) is 6.12. The molecule has 0 aromatic carbocycles. The van der Waals surface area contributed by atoms with E-state index in [-0.39, 0.29) is 5.91 Å². The van der Waals surface area contributed by atoms with Gasteiger partial charge in [-0.25, -0.2) is 0 Å². The molecule has 1 amide bonds. The smallest absolute Gasteiger partial charge is 0.237 e. The number of carbonyl (C=O) groups is 2.